The van der Waals surface area contributed by atoms with Crippen molar-refractivity contribution < 1.29 is 17.8 Å². The fourth-order valence-corrected chi connectivity index (χ4v) is 1.82. The molecule has 0 bridgehead atoms. The van der Waals surface area contributed by atoms with Gasteiger partial charge in [0.2, 0.25) is 0 Å². The fraction of sp³-hybridized carbons (Fsp3) is 0.417. The molecule has 1 aromatic carbocycles. The summed E-state index contributed by atoms with van der Waals surface area (Å²) in [7, 11) is -0.968. The molecule has 1 amide bonds. The van der Waals surface area contributed by atoms with Crippen LogP contribution >= 0.6 is 0 Å². The molecule has 1 rings (SSSR count). The molecule has 7 heteroatoms. The van der Waals surface area contributed by atoms with E-state index in [9.17, 15) is 17.8 Å². The Hall–Kier alpha value is -1.50. The van der Waals surface area contributed by atoms with E-state index in [2.05, 4.69) is 5.32 Å². The van der Waals surface area contributed by atoms with Gasteiger partial charge in [0.05, 0.1) is 0 Å². The molecule has 0 aromatic heterocycles. The Morgan fingerprint density at radius 2 is 1.95 bits per heavy atom. The minimum Gasteiger partial charge on any atom is -0.394 e. The van der Waals surface area contributed by atoms with Crippen LogP contribution in [-0.2, 0) is 10.8 Å². The summed E-state index contributed by atoms with van der Waals surface area (Å²) >= 11 is 0. The average molecular weight is 290 g/mol. The van der Waals surface area contributed by atoms with Crippen molar-refractivity contribution in [1.29, 1.82) is 0 Å². The van der Waals surface area contributed by atoms with Crippen molar-refractivity contribution in [3.05, 3.63) is 29.3 Å². The predicted molar refractivity (Wildman–Crippen MR) is 71.2 cm³/mol. The SMILES string of the molecule is CC(CCNC(=O)c1cc(F)c(N)c(F)c1)S(C)=O. The maximum Gasteiger partial charge on any atom is 0.251 e. The molecule has 2 atom stereocenters. The van der Waals surface area contributed by atoms with Crippen molar-refractivity contribution >= 4 is 22.4 Å². The van der Waals surface area contributed by atoms with Crippen molar-refractivity contribution in [2.24, 2.45) is 0 Å². The molecule has 0 radical (unpaired) electrons. The van der Waals surface area contributed by atoms with Gasteiger partial charge in [-0.2, -0.15) is 0 Å². The molecule has 4 nitrogen and oxygen atoms in total. The van der Waals surface area contributed by atoms with Crippen LogP contribution in [0, 0.1) is 11.6 Å². The van der Waals surface area contributed by atoms with Gasteiger partial charge in [-0.3, -0.25) is 9.00 Å². The van der Waals surface area contributed by atoms with Crippen LogP contribution in [-0.4, -0.2) is 28.2 Å². The molecule has 0 heterocycles. The summed E-state index contributed by atoms with van der Waals surface area (Å²) in [5.41, 5.74) is 4.37. The van der Waals surface area contributed by atoms with Crippen molar-refractivity contribution in [3.63, 3.8) is 0 Å². The minimum atomic E-state index is -0.968. The molecule has 0 spiro atoms. The average Bonchev–Trinajstić information content (AvgIpc) is 2.34. The second kappa shape index (κ2) is 6.60. The van der Waals surface area contributed by atoms with E-state index >= 15 is 0 Å². The second-order valence-electron chi connectivity index (χ2n) is 4.21. The summed E-state index contributed by atoms with van der Waals surface area (Å²) in [4.78, 5) is 11.7. The Balaban J connectivity index is 2.62. The first kappa shape index (κ1) is 15.6. The molecule has 0 aliphatic rings. The monoisotopic (exact) mass is 290 g/mol. The number of carbonyl (C=O) groups is 1. The Bertz CT molecular complexity index is 485. The number of anilines is 1. The molecular formula is C12H16F2N2O2S. The van der Waals surface area contributed by atoms with Gasteiger partial charge in [-0.1, -0.05) is 6.92 Å². The number of nitrogens with one attached hydrogen (secondary N) is 1. The van der Waals surface area contributed by atoms with E-state index in [1.54, 1.807) is 13.2 Å². The maximum atomic E-state index is 13.2. The van der Waals surface area contributed by atoms with Gasteiger partial charge in [-0.25, -0.2) is 8.78 Å². The smallest absolute Gasteiger partial charge is 0.251 e. The van der Waals surface area contributed by atoms with Gasteiger partial charge in [-0.15, -0.1) is 0 Å². The first-order valence-electron chi connectivity index (χ1n) is 5.68. The van der Waals surface area contributed by atoms with Crippen LogP contribution in [0.1, 0.15) is 23.7 Å². The lowest BCUT2D eigenvalue weighted by molar-refractivity contribution is 0.0952. The summed E-state index contributed by atoms with van der Waals surface area (Å²) in [5, 5.41) is 2.46. The van der Waals surface area contributed by atoms with E-state index in [1.807, 2.05) is 0 Å². The van der Waals surface area contributed by atoms with Crippen LogP contribution in [0.5, 0.6) is 0 Å². The van der Waals surface area contributed by atoms with Gasteiger partial charge >= 0.3 is 0 Å². The first-order chi connectivity index (χ1) is 8.82. The van der Waals surface area contributed by atoms with Crippen molar-refractivity contribution in [2.45, 2.75) is 18.6 Å². The summed E-state index contributed by atoms with van der Waals surface area (Å²) < 4.78 is 37.4. The van der Waals surface area contributed by atoms with Crippen LogP contribution in [0.2, 0.25) is 0 Å². The lowest BCUT2D eigenvalue weighted by atomic mass is 10.1. The molecule has 19 heavy (non-hydrogen) atoms. The third kappa shape index (κ3) is 4.27. The zero-order valence-electron chi connectivity index (χ0n) is 10.7. The van der Waals surface area contributed by atoms with E-state index in [1.165, 1.54) is 0 Å². The van der Waals surface area contributed by atoms with Gasteiger partial charge in [0.25, 0.3) is 5.91 Å². The van der Waals surface area contributed by atoms with E-state index in [-0.39, 0.29) is 17.4 Å². The molecule has 3 N–H and O–H groups in total. The Morgan fingerprint density at radius 1 is 1.42 bits per heavy atom. The van der Waals surface area contributed by atoms with E-state index in [0.29, 0.717) is 6.42 Å². The van der Waals surface area contributed by atoms with Crippen molar-refractivity contribution in [3.8, 4) is 0 Å². The van der Waals surface area contributed by atoms with Crippen LogP contribution in [0.15, 0.2) is 12.1 Å². The van der Waals surface area contributed by atoms with Crippen molar-refractivity contribution in [1.82, 2.24) is 5.32 Å². The van der Waals surface area contributed by atoms with Crippen LogP contribution in [0.3, 0.4) is 0 Å². The molecule has 1 aromatic rings. The predicted octanol–water partition coefficient (Wildman–Crippen LogP) is 1.43. The fourth-order valence-electron chi connectivity index (χ4n) is 1.37. The molecule has 0 saturated carbocycles. The molecular weight excluding hydrogens is 274 g/mol. The lowest BCUT2D eigenvalue weighted by Crippen LogP contribution is -2.27. The van der Waals surface area contributed by atoms with Gasteiger partial charge in [0.1, 0.15) is 17.3 Å². The van der Waals surface area contributed by atoms with Gasteiger partial charge in [0.15, 0.2) is 0 Å². The number of hydrogen-bond donors (Lipinski definition) is 2. The van der Waals surface area contributed by atoms with Gasteiger partial charge in [-0.05, 0) is 18.6 Å². The third-order valence-corrected chi connectivity index (χ3v) is 4.11. The molecule has 106 valence electrons. The number of benzene rings is 1. The molecule has 0 aliphatic carbocycles. The molecule has 0 saturated heterocycles. The van der Waals surface area contributed by atoms with Crippen LogP contribution < -0.4 is 11.1 Å². The second-order valence-corrected chi connectivity index (χ2v) is 6.01. The van der Waals surface area contributed by atoms with Gasteiger partial charge < -0.3 is 11.1 Å². The van der Waals surface area contributed by atoms with Crippen LogP contribution in [0.25, 0.3) is 0 Å². The number of amides is 1. The van der Waals surface area contributed by atoms with Crippen LogP contribution in [0.4, 0.5) is 14.5 Å². The number of hydrogen-bond acceptors (Lipinski definition) is 3. The summed E-state index contributed by atoms with van der Waals surface area (Å²) in [6.07, 6.45) is 2.10. The number of nitrogens with two attached hydrogens (primary N) is 1. The normalized spacial score (nSPS) is 13.9. The standard InChI is InChI=1S/C12H16F2N2O2S/c1-7(19(2)18)3-4-16-12(17)8-5-9(13)11(15)10(14)6-8/h5-7H,3-4,15H2,1-2H3,(H,16,17). The molecule has 0 aliphatic heterocycles. The first-order valence-corrected chi connectivity index (χ1v) is 7.30. The lowest BCUT2D eigenvalue weighted by Gasteiger charge is -2.10. The van der Waals surface area contributed by atoms with E-state index in [0.717, 1.165) is 12.1 Å². The highest BCUT2D eigenvalue weighted by atomic mass is 32.2. The number of carbonyl (C=O) groups excluding carboxylic acids is 1. The van der Waals surface area contributed by atoms with E-state index in [4.69, 9.17) is 5.73 Å². The Labute approximate surface area is 112 Å². The highest BCUT2D eigenvalue weighted by Gasteiger charge is 2.13. The largest absolute Gasteiger partial charge is 0.394 e. The third-order valence-electron chi connectivity index (χ3n) is 2.74. The zero-order valence-corrected chi connectivity index (χ0v) is 11.5. The van der Waals surface area contributed by atoms with Gasteiger partial charge in [0, 0.05) is 34.4 Å². The Kier molecular flexibility index (Phi) is 5.41. The summed E-state index contributed by atoms with van der Waals surface area (Å²) in [6, 6.07) is 1.77. The Morgan fingerprint density at radius 3 is 2.42 bits per heavy atom. The minimum absolute atomic E-state index is 0.0554. The zero-order chi connectivity index (χ0) is 14.6. The summed E-state index contributed by atoms with van der Waals surface area (Å²) in [5.74, 6) is -2.52. The summed E-state index contributed by atoms with van der Waals surface area (Å²) in [6.45, 7) is 2.08. The van der Waals surface area contributed by atoms with E-state index < -0.39 is 34.0 Å². The topological polar surface area (TPSA) is 72.2 Å². The highest BCUT2D eigenvalue weighted by molar-refractivity contribution is 7.84. The maximum absolute atomic E-state index is 13.2. The number of nitrogen functional groups attached to an aromatic ring is 1. The highest BCUT2D eigenvalue weighted by Crippen LogP contribution is 2.17. The molecule has 0 fully saturated rings. The molecule has 2 unspecified atom stereocenters. The number of rotatable bonds is 5. The number of halogens is 2. The quantitative estimate of drug-likeness (QED) is 0.806. The van der Waals surface area contributed by atoms with Crippen molar-refractivity contribution in [2.75, 3.05) is 18.5 Å².